The van der Waals surface area contributed by atoms with Gasteiger partial charge in [0.05, 0.1) is 28.1 Å². The highest BCUT2D eigenvalue weighted by Gasteiger charge is 2.33. The van der Waals surface area contributed by atoms with Gasteiger partial charge < -0.3 is 5.32 Å². The molecule has 0 atom stereocenters. The van der Waals surface area contributed by atoms with Crippen molar-refractivity contribution in [3.05, 3.63) is 93.2 Å². The SMILES string of the molecule is O=C(Nc1ccc(Cl)cc1C(=O)N/N=C\c1ccc(Cl)c(C(F)(F)F)c1)c1ccncc1. The lowest BCUT2D eigenvalue weighted by Gasteiger charge is -2.11. The quantitative estimate of drug-likeness (QED) is 0.377. The standard InChI is InChI=1S/C21H13Cl2F3N4O2/c22-14-2-4-18(29-19(31)13-5-7-27-8-6-13)15(10-14)20(32)30-28-11-12-1-3-17(23)16(9-12)21(24,25)26/h1-11H,(H,29,31)(H,30,32)/b28-11-. The summed E-state index contributed by atoms with van der Waals surface area (Å²) in [4.78, 5) is 28.8. The van der Waals surface area contributed by atoms with E-state index in [0.29, 0.717) is 5.56 Å². The average Bonchev–Trinajstić information content (AvgIpc) is 2.75. The number of carbonyl (C=O) groups is 2. The number of alkyl halides is 3. The van der Waals surface area contributed by atoms with Crippen LogP contribution in [0.1, 0.15) is 31.8 Å². The minimum Gasteiger partial charge on any atom is -0.321 e. The smallest absolute Gasteiger partial charge is 0.321 e. The summed E-state index contributed by atoms with van der Waals surface area (Å²) in [6, 6.07) is 10.4. The Bertz CT molecular complexity index is 1190. The van der Waals surface area contributed by atoms with Crippen LogP contribution >= 0.6 is 23.2 Å². The Kier molecular flexibility index (Phi) is 7.12. The van der Waals surface area contributed by atoms with Gasteiger partial charge in [0.25, 0.3) is 11.8 Å². The molecule has 0 spiro atoms. The topological polar surface area (TPSA) is 83.5 Å². The summed E-state index contributed by atoms with van der Waals surface area (Å²) in [5.74, 6) is -1.22. The number of halogens is 5. The molecule has 0 fully saturated rings. The Balaban J connectivity index is 1.77. The highest BCUT2D eigenvalue weighted by atomic mass is 35.5. The molecule has 1 heterocycles. The molecule has 2 aromatic carbocycles. The molecule has 164 valence electrons. The number of rotatable bonds is 5. The minimum atomic E-state index is -4.63. The molecule has 6 nitrogen and oxygen atoms in total. The number of carbonyl (C=O) groups excluding carboxylic acids is 2. The van der Waals surface area contributed by atoms with Gasteiger partial charge in [-0.05, 0) is 48.0 Å². The van der Waals surface area contributed by atoms with Gasteiger partial charge in [-0.25, -0.2) is 5.43 Å². The van der Waals surface area contributed by atoms with Gasteiger partial charge >= 0.3 is 6.18 Å². The van der Waals surface area contributed by atoms with Crippen LogP contribution in [0, 0.1) is 0 Å². The number of nitrogens with one attached hydrogen (secondary N) is 2. The molecule has 11 heteroatoms. The monoisotopic (exact) mass is 480 g/mol. The summed E-state index contributed by atoms with van der Waals surface area (Å²) in [7, 11) is 0. The zero-order chi connectivity index (χ0) is 23.3. The third kappa shape index (κ3) is 5.83. The molecular formula is C21H13Cl2F3N4O2. The molecule has 1 aromatic heterocycles. The molecule has 3 aromatic rings. The van der Waals surface area contributed by atoms with E-state index < -0.39 is 28.6 Å². The predicted molar refractivity (Wildman–Crippen MR) is 115 cm³/mol. The third-order valence-corrected chi connectivity index (χ3v) is 4.66. The first-order chi connectivity index (χ1) is 15.1. The summed E-state index contributed by atoms with van der Waals surface area (Å²) >= 11 is 11.5. The van der Waals surface area contributed by atoms with Crippen molar-refractivity contribution in [1.29, 1.82) is 0 Å². The zero-order valence-electron chi connectivity index (χ0n) is 16.0. The second-order valence-corrected chi connectivity index (χ2v) is 7.16. The minimum absolute atomic E-state index is 0.00384. The van der Waals surface area contributed by atoms with Crippen LogP contribution in [0.25, 0.3) is 0 Å². The number of benzene rings is 2. The van der Waals surface area contributed by atoms with Crippen LogP contribution in [-0.4, -0.2) is 23.0 Å². The lowest BCUT2D eigenvalue weighted by molar-refractivity contribution is -0.137. The molecule has 2 N–H and O–H groups in total. The Labute approximate surface area is 190 Å². The number of hydrazone groups is 1. The Morgan fingerprint density at radius 2 is 1.69 bits per heavy atom. The first-order valence-electron chi connectivity index (χ1n) is 8.86. The summed E-state index contributed by atoms with van der Waals surface area (Å²) in [6.45, 7) is 0. The van der Waals surface area contributed by atoms with E-state index in [4.69, 9.17) is 23.2 Å². The summed E-state index contributed by atoms with van der Waals surface area (Å²) in [6.07, 6.45) is -0.712. The summed E-state index contributed by atoms with van der Waals surface area (Å²) < 4.78 is 38.9. The molecule has 0 aliphatic rings. The Hall–Kier alpha value is -3.43. The van der Waals surface area contributed by atoms with Crippen molar-refractivity contribution >= 4 is 46.9 Å². The van der Waals surface area contributed by atoms with E-state index in [-0.39, 0.29) is 21.8 Å². The fourth-order valence-corrected chi connectivity index (χ4v) is 2.97. The van der Waals surface area contributed by atoms with E-state index in [0.717, 1.165) is 18.3 Å². The van der Waals surface area contributed by atoms with E-state index in [9.17, 15) is 22.8 Å². The Morgan fingerprint density at radius 3 is 2.38 bits per heavy atom. The zero-order valence-corrected chi connectivity index (χ0v) is 17.5. The fraction of sp³-hybridized carbons (Fsp3) is 0.0476. The first kappa shape index (κ1) is 23.2. The highest BCUT2D eigenvalue weighted by Crippen LogP contribution is 2.34. The van der Waals surface area contributed by atoms with Crippen LogP contribution in [0.2, 0.25) is 10.0 Å². The van der Waals surface area contributed by atoms with Crippen molar-refractivity contribution in [2.24, 2.45) is 5.10 Å². The van der Waals surface area contributed by atoms with E-state index in [1.54, 1.807) is 0 Å². The van der Waals surface area contributed by atoms with Crippen LogP contribution in [0.15, 0.2) is 66.0 Å². The van der Waals surface area contributed by atoms with E-state index in [1.807, 2.05) is 0 Å². The molecule has 0 aliphatic carbocycles. The van der Waals surface area contributed by atoms with Crippen molar-refractivity contribution in [2.45, 2.75) is 6.18 Å². The predicted octanol–water partition coefficient (Wildman–Crippen LogP) is 5.42. The molecule has 0 saturated heterocycles. The number of amides is 2. The van der Waals surface area contributed by atoms with Crippen LogP contribution in [0.3, 0.4) is 0 Å². The van der Waals surface area contributed by atoms with Crippen LogP contribution < -0.4 is 10.7 Å². The van der Waals surface area contributed by atoms with Crippen LogP contribution in [0.4, 0.5) is 18.9 Å². The maximum atomic E-state index is 13.0. The number of pyridine rings is 1. The lowest BCUT2D eigenvalue weighted by Crippen LogP contribution is -2.21. The van der Waals surface area contributed by atoms with Crippen molar-refractivity contribution in [2.75, 3.05) is 5.32 Å². The molecule has 3 rings (SSSR count). The van der Waals surface area contributed by atoms with E-state index >= 15 is 0 Å². The van der Waals surface area contributed by atoms with Crippen LogP contribution in [-0.2, 0) is 6.18 Å². The maximum Gasteiger partial charge on any atom is 0.417 e. The van der Waals surface area contributed by atoms with Gasteiger partial charge in [-0.1, -0.05) is 29.3 Å². The number of anilines is 1. The second kappa shape index (κ2) is 9.80. The Morgan fingerprint density at radius 1 is 0.969 bits per heavy atom. The summed E-state index contributed by atoms with van der Waals surface area (Å²) in [5, 5.41) is 6.05. The molecule has 0 radical (unpaired) electrons. The van der Waals surface area contributed by atoms with Crippen molar-refractivity contribution in [1.82, 2.24) is 10.4 Å². The summed E-state index contributed by atoms with van der Waals surface area (Å²) in [5.41, 5.74) is 1.73. The van der Waals surface area contributed by atoms with Gasteiger partial charge in [-0.15, -0.1) is 0 Å². The molecule has 32 heavy (non-hydrogen) atoms. The molecule has 2 amide bonds. The van der Waals surface area contributed by atoms with Crippen molar-refractivity contribution < 1.29 is 22.8 Å². The van der Waals surface area contributed by atoms with Crippen molar-refractivity contribution in [3.63, 3.8) is 0 Å². The molecule has 0 unspecified atom stereocenters. The molecular weight excluding hydrogens is 468 g/mol. The van der Waals surface area contributed by atoms with Gasteiger partial charge in [-0.3, -0.25) is 14.6 Å². The maximum absolute atomic E-state index is 13.0. The normalized spacial score (nSPS) is 11.4. The number of hydrogen-bond donors (Lipinski definition) is 2. The number of hydrogen-bond acceptors (Lipinski definition) is 4. The highest BCUT2D eigenvalue weighted by molar-refractivity contribution is 6.31. The fourth-order valence-electron chi connectivity index (χ4n) is 2.58. The van der Waals surface area contributed by atoms with Gasteiger partial charge in [0.15, 0.2) is 0 Å². The molecule has 0 saturated carbocycles. The van der Waals surface area contributed by atoms with E-state index in [1.165, 1.54) is 48.8 Å². The third-order valence-electron chi connectivity index (χ3n) is 4.09. The largest absolute Gasteiger partial charge is 0.417 e. The molecule has 0 bridgehead atoms. The van der Waals surface area contributed by atoms with E-state index in [2.05, 4.69) is 20.8 Å². The van der Waals surface area contributed by atoms with Gasteiger partial charge in [0.1, 0.15) is 0 Å². The van der Waals surface area contributed by atoms with Crippen molar-refractivity contribution in [3.8, 4) is 0 Å². The number of aromatic nitrogens is 1. The first-order valence-corrected chi connectivity index (χ1v) is 9.62. The lowest BCUT2D eigenvalue weighted by atomic mass is 10.1. The van der Waals surface area contributed by atoms with Crippen LogP contribution in [0.5, 0.6) is 0 Å². The average molecular weight is 481 g/mol. The van der Waals surface area contributed by atoms with Gasteiger partial charge in [0, 0.05) is 23.0 Å². The second-order valence-electron chi connectivity index (χ2n) is 6.32. The molecule has 0 aliphatic heterocycles. The van der Waals surface area contributed by atoms with Gasteiger partial charge in [0.2, 0.25) is 0 Å². The van der Waals surface area contributed by atoms with Gasteiger partial charge in [-0.2, -0.15) is 18.3 Å². The number of nitrogens with zero attached hydrogens (tertiary/aromatic N) is 2.